The molecule has 1 heterocycles. The van der Waals surface area contributed by atoms with Crippen molar-refractivity contribution in [3.63, 3.8) is 0 Å². The maximum absolute atomic E-state index is 11.5. The molecule has 0 aliphatic heterocycles. The van der Waals surface area contributed by atoms with E-state index in [1.807, 2.05) is 13.8 Å². The first kappa shape index (κ1) is 14.7. The van der Waals surface area contributed by atoms with Crippen LogP contribution in [0, 0.1) is 5.92 Å². The van der Waals surface area contributed by atoms with Gasteiger partial charge in [-0.3, -0.25) is 9.59 Å². The Morgan fingerprint density at radius 3 is 2.63 bits per heavy atom. The molecule has 0 saturated carbocycles. The van der Waals surface area contributed by atoms with Gasteiger partial charge in [0.2, 0.25) is 5.91 Å². The number of anilines is 2. The van der Waals surface area contributed by atoms with Crippen molar-refractivity contribution < 1.29 is 9.59 Å². The minimum absolute atomic E-state index is 0.0339. The number of nitrogens with zero attached hydrogens (tertiary/aromatic N) is 1. The van der Waals surface area contributed by atoms with Gasteiger partial charge in [-0.1, -0.05) is 13.8 Å². The molecule has 0 saturated heterocycles. The lowest BCUT2D eigenvalue weighted by Crippen LogP contribution is -2.32. The van der Waals surface area contributed by atoms with Gasteiger partial charge in [-0.05, 0) is 18.1 Å². The van der Waals surface area contributed by atoms with Crippen LogP contribution < -0.4 is 22.1 Å². The molecule has 0 aliphatic rings. The molecule has 0 atom stereocenters. The zero-order valence-electron chi connectivity index (χ0n) is 11.1. The third kappa shape index (κ3) is 4.82. The van der Waals surface area contributed by atoms with Crippen LogP contribution in [0.1, 0.15) is 24.3 Å². The van der Waals surface area contributed by atoms with Crippen molar-refractivity contribution in [1.29, 1.82) is 0 Å². The quantitative estimate of drug-likeness (QED) is 0.574. The van der Waals surface area contributed by atoms with Crippen molar-refractivity contribution in [3.05, 3.63) is 17.8 Å². The predicted molar refractivity (Wildman–Crippen MR) is 73.5 cm³/mol. The second kappa shape index (κ2) is 6.58. The minimum Gasteiger partial charge on any atom is -0.396 e. The zero-order chi connectivity index (χ0) is 14.4. The Morgan fingerprint density at radius 1 is 1.37 bits per heavy atom. The van der Waals surface area contributed by atoms with Gasteiger partial charge in [0.25, 0.3) is 5.91 Å². The monoisotopic (exact) mass is 265 g/mol. The normalized spacial score (nSPS) is 10.3. The summed E-state index contributed by atoms with van der Waals surface area (Å²) >= 11 is 0. The summed E-state index contributed by atoms with van der Waals surface area (Å²) in [5, 5.41) is 5.52. The summed E-state index contributed by atoms with van der Waals surface area (Å²) in [5.41, 5.74) is 11.3. The molecule has 7 nitrogen and oxygen atoms in total. The highest BCUT2D eigenvalue weighted by molar-refractivity contribution is 5.92. The van der Waals surface area contributed by atoms with E-state index < -0.39 is 5.91 Å². The fourth-order valence-electron chi connectivity index (χ4n) is 1.29. The third-order valence-corrected chi connectivity index (χ3v) is 2.30. The first-order valence-corrected chi connectivity index (χ1v) is 5.97. The molecule has 0 unspecified atom stereocenters. The molecule has 19 heavy (non-hydrogen) atoms. The number of nitrogen functional groups attached to an aromatic ring is 1. The van der Waals surface area contributed by atoms with Crippen LogP contribution in [0.3, 0.4) is 0 Å². The fourth-order valence-corrected chi connectivity index (χ4v) is 1.29. The number of nitrogens with two attached hydrogens (primary N) is 2. The third-order valence-electron chi connectivity index (χ3n) is 2.30. The van der Waals surface area contributed by atoms with E-state index in [-0.39, 0.29) is 24.0 Å². The van der Waals surface area contributed by atoms with Crippen LogP contribution in [0.2, 0.25) is 0 Å². The van der Waals surface area contributed by atoms with Crippen LogP contribution in [-0.2, 0) is 4.79 Å². The SMILES string of the molecule is CC(C)CNC(=O)CNc1nc(C(N)=O)ccc1N. The topological polar surface area (TPSA) is 123 Å². The summed E-state index contributed by atoms with van der Waals surface area (Å²) in [4.78, 5) is 26.5. The van der Waals surface area contributed by atoms with Crippen LogP contribution in [0.15, 0.2) is 12.1 Å². The highest BCUT2D eigenvalue weighted by atomic mass is 16.2. The van der Waals surface area contributed by atoms with Gasteiger partial charge in [-0.25, -0.2) is 4.98 Å². The number of hydrogen-bond donors (Lipinski definition) is 4. The van der Waals surface area contributed by atoms with E-state index in [4.69, 9.17) is 11.5 Å². The molecule has 0 aromatic carbocycles. The molecule has 6 N–H and O–H groups in total. The van der Waals surface area contributed by atoms with Gasteiger partial charge in [-0.2, -0.15) is 0 Å². The molecular formula is C12H19N5O2. The summed E-state index contributed by atoms with van der Waals surface area (Å²) in [6, 6.07) is 2.95. The van der Waals surface area contributed by atoms with Crippen molar-refractivity contribution in [1.82, 2.24) is 10.3 Å². The molecule has 2 amide bonds. The summed E-state index contributed by atoms with van der Waals surface area (Å²) < 4.78 is 0. The van der Waals surface area contributed by atoms with Crippen LogP contribution >= 0.6 is 0 Å². The van der Waals surface area contributed by atoms with Gasteiger partial charge >= 0.3 is 0 Å². The van der Waals surface area contributed by atoms with Gasteiger partial charge in [-0.15, -0.1) is 0 Å². The summed E-state index contributed by atoms with van der Waals surface area (Å²) in [6.07, 6.45) is 0. The van der Waals surface area contributed by atoms with E-state index in [2.05, 4.69) is 15.6 Å². The van der Waals surface area contributed by atoms with Crippen LogP contribution in [0.5, 0.6) is 0 Å². The van der Waals surface area contributed by atoms with Gasteiger partial charge in [0.05, 0.1) is 12.2 Å². The molecule has 1 aromatic rings. The largest absolute Gasteiger partial charge is 0.396 e. The van der Waals surface area contributed by atoms with Gasteiger partial charge in [0.1, 0.15) is 5.69 Å². The number of nitrogens with one attached hydrogen (secondary N) is 2. The first-order chi connectivity index (χ1) is 8.90. The Hall–Kier alpha value is -2.31. The van der Waals surface area contributed by atoms with Crippen LogP contribution in [0.25, 0.3) is 0 Å². The van der Waals surface area contributed by atoms with Crippen LogP contribution in [-0.4, -0.2) is 29.9 Å². The van der Waals surface area contributed by atoms with Gasteiger partial charge < -0.3 is 22.1 Å². The van der Waals surface area contributed by atoms with E-state index in [9.17, 15) is 9.59 Å². The van der Waals surface area contributed by atoms with E-state index in [0.29, 0.717) is 18.2 Å². The number of carbonyl (C=O) groups excluding carboxylic acids is 2. The molecular weight excluding hydrogens is 246 g/mol. The van der Waals surface area contributed by atoms with Crippen molar-refractivity contribution in [2.24, 2.45) is 11.7 Å². The molecule has 0 aliphatic carbocycles. The Morgan fingerprint density at radius 2 is 2.05 bits per heavy atom. The summed E-state index contributed by atoms with van der Waals surface area (Å²) in [5.74, 6) is -0.159. The maximum Gasteiger partial charge on any atom is 0.267 e. The molecule has 0 fully saturated rings. The number of amides is 2. The highest BCUT2D eigenvalue weighted by Crippen LogP contribution is 2.14. The Labute approximate surface area is 111 Å². The second-order valence-electron chi connectivity index (χ2n) is 4.55. The molecule has 7 heteroatoms. The molecule has 1 aromatic heterocycles. The number of primary amides is 1. The lowest BCUT2D eigenvalue weighted by molar-refractivity contribution is -0.119. The average molecular weight is 265 g/mol. The highest BCUT2D eigenvalue weighted by Gasteiger charge is 2.08. The van der Waals surface area contributed by atoms with E-state index >= 15 is 0 Å². The van der Waals surface area contributed by atoms with E-state index in [1.165, 1.54) is 12.1 Å². The number of rotatable bonds is 6. The van der Waals surface area contributed by atoms with Crippen molar-refractivity contribution in [3.8, 4) is 0 Å². The fraction of sp³-hybridized carbons (Fsp3) is 0.417. The molecule has 0 bridgehead atoms. The Kier molecular flexibility index (Phi) is 5.11. The standard InChI is InChI=1S/C12H19N5O2/c1-7(2)5-15-10(18)6-16-12-8(13)3-4-9(17-12)11(14)19/h3-4,7H,5-6,13H2,1-2H3,(H2,14,19)(H,15,18)(H,16,17). The number of aromatic nitrogens is 1. The van der Waals surface area contributed by atoms with Gasteiger partial charge in [0, 0.05) is 6.54 Å². The van der Waals surface area contributed by atoms with E-state index in [1.54, 1.807) is 0 Å². The second-order valence-corrected chi connectivity index (χ2v) is 4.55. The van der Waals surface area contributed by atoms with Crippen molar-refractivity contribution >= 4 is 23.3 Å². The zero-order valence-corrected chi connectivity index (χ0v) is 11.1. The first-order valence-electron chi connectivity index (χ1n) is 5.97. The molecule has 1 rings (SSSR count). The molecule has 0 radical (unpaired) electrons. The number of pyridine rings is 1. The summed E-state index contributed by atoms with van der Waals surface area (Å²) in [6.45, 7) is 4.64. The minimum atomic E-state index is -0.646. The van der Waals surface area contributed by atoms with E-state index in [0.717, 1.165) is 0 Å². The molecule has 0 spiro atoms. The summed E-state index contributed by atoms with van der Waals surface area (Å²) in [7, 11) is 0. The average Bonchev–Trinajstić information content (AvgIpc) is 2.35. The number of carbonyl (C=O) groups is 2. The molecule has 104 valence electrons. The smallest absolute Gasteiger partial charge is 0.267 e. The Bertz CT molecular complexity index is 473. The van der Waals surface area contributed by atoms with Crippen LogP contribution in [0.4, 0.5) is 11.5 Å². The predicted octanol–water partition coefficient (Wildman–Crippen LogP) is -0.0532. The maximum atomic E-state index is 11.5. The van der Waals surface area contributed by atoms with Gasteiger partial charge in [0.15, 0.2) is 5.82 Å². The number of hydrogen-bond acceptors (Lipinski definition) is 5. The van der Waals surface area contributed by atoms with Crippen molar-refractivity contribution in [2.45, 2.75) is 13.8 Å². The lowest BCUT2D eigenvalue weighted by atomic mass is 10.2. The lowest BCUT2D eigenvalue weighted by Gasteiger charge is -2.10. The Balaban J connectivity index is 2.59. The van der Waals surface area contributed by atoms with Crippen molar-refractivity contribution in [2.75, 3.05) is 24.1 Å².